The molecule has 18 heavy (non-hydrogen) atoms. The number of carbonyl (C=O) groups excluding carboxylic acids is 1. The fraction of sp³-hybridized carbons (Fsp3) is 0.462. The molecule has 1 fully saturated rings. The van der Waals surface area contributed by atoms with E-state index in [-0.39, 0.29) is 29.0 Å². The molecule has 0 unspecified atom stereocenters. The Labute approximate surface area is 110 Å². The summed E-state index contributed by atoms with van der Waals surface area (Å²) in [6.07, 6.45) is 0.806. The molecule has 2 rings (SSSR count). The predicted molar refractivity (Wildman–Crippen MR) is 66.9 cm³/mol. The van der Waals surface area contributed by atoms with Gasteiger partial charge < -0.3 is 10.0 Å². The number of aliphatic hydroxyl groups excluding tert-OH is 1. The molecule has 0 saturated carbocycles. The van der Waals surface area contributed by atoms with Crippen LogP contribution in [0.3, 0.4) is 0 Å². The average Bonchev–Trinajstić information content (AvgIpc) is 2.34. The van der Waals surface area contributed by atoms with Crippen LogP contribution in [0.4, 0.5) is 4.39 Å². The van der Waals surface area contributed by atoms with Gasteiger partial charge in [-0.25, -0.2) is 4.39 Å². The third-order valence-electron chi connectivity index (χ3n) is 3.21. The van der Waals surface area contributed by atoms with Gasteiger partial charge in [0.2, 0.25) is 5.91 Å². The molecule has 1 aliphatic heterocycles. The largest absolute Gasteiger partial charge is 0.393 e. The number of halogens is 2. The summed E-state index contributed by atoms with van der Waals surface area (Å²) >= 11 is 5.88. The zero-order valence-electron chi connectivity index (χ0n) is 9.90. The number of amides is 1. The quantitative estimate of drug-likeness (QED) is 0.894. The number of carbonyl (C=O) groups is 1. The highest BCUT2D eigenvalue weighted by molar-refractivity contribution is 6.31. The van der Waals surface area contributed by atoms with Gasteiger partial charge in [0.15, 0.2) is 0 Å². The minimum atomic E-state index is -0.451. The van der Waals surface area contributed by atoms with Crippen molar-refractivity contribution in [1.29, 1.82) is 0 Å². The van der Waals surface area contributed by atoms with E-state index in [0.717, 1.165) is 0 Å². The van der Waals surface area contributed by atoms with Crippen molar-refractivity contribution in [1.82, 2.24) is 4.90 Å². The molecule has 1 aromatic rings. The summed E-state index contributed by atoms with van der Waals surface area (Å²) < 4.78 is 13.5. The van der Waals surface area contributed by atoms with E-state index < -0.39 is 5.82 Å². The smallest absolute Gasteiger partial charge is 0.227 e. The van der Waals surface area contributed by atoms with E-state index in [9.17, 15) is 14.3 Å². The van der Waals surface area contributed by atoms with Crippen molar-refractivity contribution in [2.24, 2.45) is 0 Å². The Kier molecular flexibility index (Phi) is 4.19. The van der Waals surface area contributed by atoms with Crippen molar-refractivity contribution in [3.63, 3.8) is 0 Å². The van der Waals surface area contributed by atoms with Crippen LogP contribution in [0.15, 0.2) is 18.2 Å². The van der Waals surface area contributed by atoms with Crippen LogP contribution < -0.4 is 0 Å². The Hall–Kier alpha value is -1.13. The van der Waals surface area contributed by atoms with Crippen molar-refractivity contribution in [3.05, 3.63) is 34.6 Å². The molecule has 1 aromatic carbocycles. The Bertz CT molecular complexity index is 424. The maximum absolute atomic E-state index is 13.5. The Balaban J connectivity index is 2.03. The summed E-state index contributed by atoms with van der Waals surface area (Å²) in [6, 6.07) is 4.39. The molecular weight excluding hydrogens is 257 g/mol. The van der Waals surface area contributed by atoms with Crippen LogP contribution >= 0.6 is 11.6 Å². The summed E-state index contributed by atoms with van der Waals surface area (Å²) in [4.78, 5) is 13.6. The number of hydrogen-bond acceptors (Lipinski definition) is 2. The number of rotatable bonds is 2. The van der Waals surface area contributed by atoms with Crippen molar-refractivity contribution < 1.29 is 14.3 Å². The van der Waals surface area contributed by atoms with E-state index in [2.05, 4.69) is 0 Å². The van der Waals surface area contributed by atoms with Crippen LogP contribution in [0, 0.1) is 5.82 Å². The fourth-order valence-corrected chi connectivity index (χ4v) is 2.31. The highest BCUT2D eigenvalue weighted by Crippen LogP contribution is 2.21. The number of nitrogens with zero attached hydrogens (tertiary/aromatic N) is 1. The van der Waals surface area contributed by atoms with Gasteiger partial charge in [0.25, 0.3) is 0 Å². The molecule has 1 N–H and O–H groups in total. The lowest BCUT2D eigenvalue weighted by molar-refractivity contribution is -0.132. The van der Waals surface area contributed by atoms with E-state index >= 15 is 0 Å². The molecule has 0 atom stereocenters. The molecule has 0 aliphatic carbocycles. The van der Waals surface area contributed by atoms with Crippen LogP contribution in [0.5, 0.6) is 0 Å². The van der Waals surface area contributed by atoms with Gasteiger partial charge in [-0.3, -0.25) is 4.79 Å². The van der Waals surface area contributed by atoms with E-state index in [0.29, 0.717) is 25.9 Å². The monoisotopic (exact) mass is 271 g/mol. The maximum Gasteiger partial charge on any atom is 0.227 e. The van der Waals surface area contributed by atoms with Gasteiger partial charge in [0.05, 0.1) is 12.5 Å². The molecule has 1 heterocycles. The van der Waals surface area contributed by atoms with Gasteiger partial charge in [0.1, 0.15) is 5.82 Å². The molecule has 0 bridgehead atoms. The predicted octanol–water partition coefficient (Wildman–Crippen LogP) is 2.00. The molecule has 0 radical (unpaired) electrons. The lowest BCUT2D eigenvalue weighted by Crippen LogP contribution is -2.40. The van der Waals surface area contributed by atoms with Crippen molar-refractivity contribution in [2.75, 3.05) is 13.1 Å². The van der Waals surface area contributed by atoms with Gasteiger partial charge >= 0.3 is 0 Å². The Morgan fingerprint density at radius 3 is 2.72 bits per heavy atom. The lowest BCUT2D eigenvalue weighted by atomic mass is 10.1. The average molecular weight is 272 g/mol. The van der Waals surface area contributed by atoms with Gasteiger partial charge in [0, 0.05) is 23.7 Å². The van der Waals surface area contributed by atoms with Gasteiger partial charge in [-0.15, -0.1) is 0 Å². The second kappa shape index (κ2) is 5.67. The van der Waals surface area contributed by atoms with E-state index in [1.54, 1.807) is 11.0 Å². The number of piperidine rings is 1. The first kappa shape index (κ1) is 13.3. The first-order chi connectivity index (χ1) is 8.58. The number of hydrogen-bond donors (Lipinski definition) is 1. The molecule has 1 saturated heterocycles. The Morgan fingerprint density at radius 2 is 2.11 bits per heavy atom. The lowest BCUT2D eigenvalue weighted by Gasteiger charge is -2.29. The standard InChI is InChI=1S/C13H15ClFNO2/c14-11-2-1-3-12(15)10(11)8-13(18)16-6-4-9(17)5-7-16/h1-3,9,17H,4-8H2. The minimum absolute atomic E-state index is 0.0262. The van der Waals surface area contributed by atoms with Gasteiger partial charge in [-0.2, -0.15) is 0 Å². The van der Waals surface area contributed by atoms with Crippen LogP contribution in [0.25, 0.3) is 0 Å². The summed E-state index contributed by atoms with van der Waals surface area (Å²) in [7, 11) is 0. The van der Waals surface area contributed by atoms with Crippen molar-refractivity contribution in [3.8, 4) is 0 Å². The highest BCUT2D eigenvalue weighted by atomic mass is 35.5. The van der Waals surface area contributed by atoms with E-state index in [4.69, 9.17) is 11.6 Å². The number of likely N-dealkylation sites (tertiary alicyclic amines) is 1. The van der Waals surface area contributed by atoms with Gasteiger partial charge in [-0.05, 0) is 25.0 Å². The number of benzene rings is 1. The second-order valence-electron chi connectivity index (χ2n) is 4.49. The number of aliphatic hydroxyl groups is 1. The summed E-state index contributed by atoms with van der Waals surface area (Å²) in [5.41, 5.74) is 0.246. The SMILES string of the molecule is O=C(Cc1c(F)cccc1Cl)N1CCC(O)CC1. The first-order valence-corrected chi connectivity index (χ1v) is 6.34. The molecule has 98 valence electrons. The van der Waals surface area contributed by atoms with Crippen molar-refractivity contribution >= 4 is 17.5 Å². The van der Waals surface area contributed by atoms with Crippen LogP contribution in [0.2, 0.25) is 5.02 Å². The Morgan fingerprint density at radius 1 is 1.44 bits per heavy atom. The molecule has 1 amide bonds. The summed E-state index contributed by atoms with van der Waals surface area (Å²) in [5, 5.41) is 9.65. The third-order valence-corrected chi connectivity index (χ3v) is 3.56. The zero-order chi connectivity index (χ0) is 13.1. The molecule has 3 nitrogen and oxygen atoms in total. The molecule has 0 spiro atoms. The summed E-state index contributed by atoms with van der Waals surface area (Å²) in [5.74, 6) is -0.596. The molecule has 5 heteroatoms. The van der Waals surface area contributed by atoms with Gasteiger partial charge in [-0.1, -0.05) is 17.7 Å². The van der Waals surface area contributed by atoms with E-state index in [1.807, 2.05) is 0 Å². The van der Waals surface area contributed by atoms with E-state index in [1.165, 1.54) is 12.1 Å². The zero-order valence-corrected chi connectivity index (χ0v) is 10.7. The van der Waals surface area contributed by atoms with Crippen molar-refractivity contribution in [2.45, 2.75) is 25.4 Å². The molecule has 0 aromatic heterocycles. The molecule has 1 aliphatic rings. The summed E-state index contributed by atoms with van der Waals surface area (Å²) in [6.45, 7) is 1.04. The second-order valence-corrected chi connectivity index (χ2v) is 4.90. The van der Waals surface area contributed by atoms with Crippen LogP contribution in [-0.4, -0.2) is 35.1 Å². The maximum atomic E-state index is 13.5. The van der Waals surface area contributed by atoms with Crippen LogP contribution in [0.1, 0.15) is 18.4 Å². The fourth-order valence-electron chi connectivity index (χ4n) is 2.08. The minimum Gasteiger partial charge on any atom is -0.393 e. The first-order valence-electron chi connectivity index (χ1n) is 5.96. The molecular formula is C13H15ClFNO2. The third kappa shape index (κ3) is 3.00. The normalized spacial score (nSPS) is 16.9. The topological polar surface area (TPSA) is 40.5 Å². The highest BCUT2D eigenvalue weighted by Gasteiger charge is 2.22. The van der Waals surface area contributed by atoms with Crippen LogP contribution in [-0.2, 0) is 11.2 Å².